The van der Waals surface area contributed by atoms with E-state index in [1.165, 1.54) is 0 Å². The first-order chi connectivity index (χ1) is 8.19. The van der Waals surface area contributed by atoms with Crippen LogP contribution in [0.25, 0.3) is 0 Å². The van der Waals surface area contributed by atoms with Crippen LogP contribution in [0.4, 0.5) is 11.5 Å². The van der Waals surface area contributed by atoms with Crippen molar-refractivity contribution in [3.8, 4) is 11.9 Å². The number of nitrogens with zero attached hydrogens (tertiary/aromatic N) is 3. The van der Waals surface area contributed by atoms with Gasteiger partial charge in [0.15, 0.2) is 0 Å². The highest BCUT2D eigenvalue weighted by molar-refractivity contribution is 5.54. The maximum atomic E-state index is 8.54. The van der Waals surface area contributed by atoms with Gasteiger partial charge in [0, 0.05) is 13.6 Å². The predicted molar refractivity (Wildman–Crippen MR) is 67.9 cm³/mol. The maximum Gasteiger partial charge on any atom is 0.239 e. The highest BCUT2D eigenvalue weighted by atomic mass is 16.5. The Hall–Kier alpha value is -1.96. The monoisotopic (exact) mass is 234 g/mol. The van der Waals surface area contributed by atoms with Crippen LogP contribution in [0.3, 0.4) is 0 Å². The Bertz CT molecular complexity index is 400. The van der Waals surface area contributed by atoms with E-state index in [9.17, 15) is 0 Å². The Morgan fingerprint density at radius 2 is 2.29 bits per heavy atom. The minimum Gasteiger partial charge on any atom is -0.476 e. The van der Waals surface area contributed by atoms with Crippen LogP contribution in [0.15, 0.2) is 12.1 Å². The summed E-state index contributed by atoms with van der Waals surface area (Å²) in [5.41, 5.74) is 6.31. The van der Waals surface area contributed by atoms with E-state index in [0.717, 1.165) is 12.2 Å². The average molecular weight is 234 g/mol. The summed E-state index contributed by atoms with van der Waals surface area (Å²) in [7, 11) is 1.89. The van der Waals surface area contributed by atoms with E-state index in [0.29, 0.717) is 31.1 Å². The van der Waals surface area contributed by atoms with Gasteiger partial charge in [0.25, 0.3) is 0 Å². The van der Waals surface area contributed by atoms with Gasteiger partial charge in [-0.05, 0) is 18.6 Å². The van der Waals surface area contributed by atoms with Crippen LogP contribution < -0.4 is 15.4 Å². The zero-order chi connectivity index (χ0) is 12.7. The summed E-state index contributed by atoms with van der Waals surface area (Å²) >= 11 is 0. The molecule has 0 bridgehead atoms. The lowest BCUT2D eigenvalue weighted by molar-refractivity contribution is 0.307. The fourth-order valence-electron chi connectivity index (χ4n) is 1.30. The van der Waals surface area contributed by atoms with Crippen molar-refractivity contribution in [2.24, 2.45) is 0 Å². The Labute approximate surface area is 102 Å². The van der Waals surface area contributed by atoms with Gasteiger partial charge in [-0.25, -0.2) is 0 Å². The molecule has 0 saturated heterocycles. The van der Waals surface area contributed by atoms with E-state index < -0.39 is 0 Å². The number of ether oxygens (including phenoxy) is 1. The number of pyridine rings is 1. The third-order valence-corrected chi connectivity index (χ3v) is 2.27. The minimum atomic E-state index is 0.466. The molecule has 1 heterocycles. The molecule has 0 aliphatic heterocycles. The smallest absolute Gasteiger partial charge is 0.239 e. The second-order valence-electron chi connectivity index (χ2n) is 3.74. The molecule has 0 aromatic carbocycles. The standard InChI is InChI=1S/C12H18N4O/c1-3-9-17-12-10(14)5-6-11(15-12)16(2)8-4-7-13/h5-6H,3-4,8-9,14H2,1-2H3. The molecule has 5 heteroatoms. The number of hydrogen-bond donors (Lipinski definition) is 1. The Kier molecular flexibility index (Phi) is 5.08. The van der Waals surface area contributed by atoms with Crippen molar-refractivity contribution in [1.29, 1.82) is 5.26 Å². The fourth-order valence-corrected chi connectivity index (χ4v) is 1.30. The van der Waals surface area contributed by atoms with Crippen molar-refractivity contribution in [1.82, 2.24) is 4.98 Å². The van der Waals surface area contributed by atoms with Gasteiger partial charge >= 0.3 is 0 Å². The van der Waals surface area contributed by atoms with Crippen molar-refractivity contribution in [3.63, 3.8) is 0 Å². The normalized spacial score (nSPS) is 9.71. The summed E-state index contributed by atoms with van der Waals surface area (Å²) in [5.74, 6) is 1.23. The van der Waals surface area contributed by atoms with Crippen molar-refractivity contribution < 1.29 is 4.74 Å². The average Bonchev–Trinajstić information content (AvgIpc) is 2.35. The highest BCUT2D eigenvalue weighted by Crippen LogP contribution is 2.22. The molecule has 0 radical (unpaired) electrons. The third-order valence-electron chi connectivity index (χ3n) is 2.27. The summed E-state index contributed by atoms with van der Waals surface area (Å²) < 4.78 is 5.45. The Morgan fingerprint density at radius 3 is 2.94 bits per heavy atom. The van der Waals surface area contributed by atoms with Gasteiger partial charge in [-0.15, -0.1) is 0 Å². The van der Waals surface area contributed by atoms with Crippen LogP contribution in [-0.4, -0.2) is 25.2 Å². The molecule has 0 unspecified atom stereocenters. The molecule has 2 N–H and O–H groups in total. The Balaban J connectivity index is 2.77. The minimum absolute atomic E-state index is 0.466. The van der Waals surface area contributed by atoms with Gasteiger partial charge < -0.3 is 15.4 Å². The summed E-state index contributed by atoms with van der Waals surface area (Å²) in [6, 6.07) is 5.70. The molecule has 17 heavy (non-hydrogen) atoms. The molecule has 1 aromatic rings. The molecule has 0 saturated carbocycles. The number of rotatable bonds is 6. The van der Waals surface area contributed by atoms with E-state index in [-0.39, 0.29) is 0 Å². The number of nitriles is 1. The molecular weight excluding hydrogens is 216 g/mol. The lowest BCUT2D eigenvalue weighted by Gasteiger charge is -2.17. The fraction of sp³-hybridized carbons (Fsp3) is 0.500. The molecular formula is C12H18N4O. The predicted octanol–water partition coefficient (Wildman–Crippen LogP) is 1.80. The molecule has 92 valence electrons. The largest absolute Gasteiger partial charge is 0.476 e. The molecule has 0 atom stereocenters. The molecule has 1 rings (SSSR count). The van der Waals surface area contributed by atoms with Gasteiger partial charge in [0.1, 0.15) is 5.82 Å². The van der Waals surface area contributed by atoms with Gasteiger partial charge in [-0.3, -0.25) is 0 Å². The summed E-state index contributed by atoms with van der Waals surface area (Å²) in [6.45, 7) is 3.27. The van der Waals surface area contributed by atoms with E-state index in [1.807, 2.05) is 24.9 Å². The van der Waals surface area contributed by atoms with Crippen LogP contribution >= 0.6 is 0 Å². The van der Waals surface area contributed by atoms with Gasteiger partial charge in [-0.2, -0.15) is 10.2 Å². The molecule has 0 spiro atoms. The van der Waals surface area contributed by atoms with E-state index in [2.05, 4.69) is 11.1 Å². The van der Waals surface area contributed by atoms with Gasteiger partial charge in [0.2, 0.25) is 5.88 Å². The second-order valence-corrected chi connectivity index (χ2v) is 3.74. The highest BCUT2D eigenvalue weighted by Gasteiger charge is 2.07. The number of anilines is 2. The van der Waals surface area contributed by atoms with E-state index >= 15 is 0 Å². The second kappa shape index (κ2) is 6.59. The number of nitrogens with two attached hydrogens (primary N) is 1. The molecule has 5 nitrogen and oxygen atoms in total. The van der Waals surface area contributed by atoms with Crippen LogP contribution in [0.1, 0.15) is 19.8 Å². The molecule has 1 aromatic heterocycles. The summed E-state index contributed by atoms with van der Waals surface area (Å²) in [5, 5.41) is 8.54. The summed E-state index contributed by atoms with van der Waals surface area (Å²) in [6.07, 6.45) is 1.38. The first kappa shape index (κ1) is 13.1. The number of nitrogen functional groups attached to an aromatic ring is 1. The van der Waals surface area contributed by atoms with E-state index in [1.54, 1.807) is 6.07 Å². The number of hydrogen-bond acceptors (Lipinski definition) is 5. The zero-order valence-corrected chi connectivity index (χ0v) is 10.3. The van der Waals surface area contributed by atoms with Crippen LogP contribution in [0.5, 0.6) is 5.88 Å². The van der Waals surface area contributed by atoms with Crippen molar-refractivity contribution in [2.45, 2.75) is 19.8 Å². The van der Waals surface area contributed by atoms with Gasteiger partial charge in [-0.1, -0.05) is 6.92 Å². The zero-order valence-electron chi connectivity index (χ0n) is 10.3. The number of aromatic nitrogens is 1. The molecule has 0 amide bonds. The van der Waals surface area contributed by atoms with Crippen LogP contribution in [-0.2, 0) is 0 Å². The molecule has 0 aliphatic rings. The summed E-state index contributed by atoms with van der Waals surface area (Å²) in [4.78, 5) is 6.24. The lowest BCUT2D eigenvalue weighted by atomic mass is 10.3. The van der Waals surface area contributed by atoms with Crippen LogP contribution in [0.2, 0.25) is 0 Å². The van der Waals surface area contributed by atoms with Crippen molar-refractivity contribution in [2.75, 3.05) is 30.8 Å². The third kappa shape index (κ3) is 3.83. The first-order valence-corrected chi connectivity index (χ1v) is 5.66. The molecule has 0 aliphatic carbocycles. The van der Waals surface area contributed by atoms with E-state index in [4.69, 9.17) is 15.7 Å². The molecule has 0 fully saturated rings. The van der Waals surface area contributed by atoms with Gasteiger partial charge in [0.05, 0.1) is 24.8 Å². The van der Waals surface area contributed by atoms with Crippen LogP contribution in [0, 0.1) is 11.3 Å². The maximum absolute atomic E-state index is 8.54. The Morgan fingerprint density at radius 1 is 1.53 bits per heavy atom. The lowest BCUT2D eigenvalue weighted by Crippen LogP contribution is -2.19. The topological polar surface area (TPSA) is 75.2 Å². The first-order valence-electron chi connectivity index (χ1n) is 5.66. The van der Waals surface area contributed by atoms with Crippen molar-refractivity contribution >= 4 is 11.5 Å². The quantitative estimate of drug-likeness (QED) is 0.812. The SMILES string of the molecule is CCCOc1nc(N(C)CCC#N)ccc1N. The van der Waals surface area contributed by atoms with Crippen molar-refractivity contribution in [3.05, 3.63) is 12.1 Å².